The fraction of sp³-hybridized carbons (Fsp3) is 0.400. The van der Waals surface area contributed by atoms with Gasteiger partial charge in [-0.1, -0.05) is 30.2 Å². The summed E-state index contributed by atoms with van der Waals surface area (Å²) < 4.78 is 5.37. The number of hydrogen-bond donors (Lipinski definition) is 1. The maximum Gasteiger partial charge on any atom is 0.317 e. The van der Waals surface area contributed by atoms with E-state index in [1.807, 2.05) is 31.3 Å². The Balaban J connectivity index is 1.40. The normalized spacial score (nSPS) is 13.4. The van der Waals surface area contributed by atoms with Crippen molar-refractivity contribution in [2.45, 2.75) is 32.2 Å². The van der Waals surface area contributed by atoms with Gasteiger partial charge in [0.1, 0.15) is 12.4 Å². The van der Waals surface area contributed by atoms with Crippen molar-refractivity contribution >= 4 is 11.7 Å². The molecule has 0 saturated carbocycles. The third kappa shape index (κ3) is 6.45. The number of ether oxygens (including phenoxy) is 1. The Morgan fingerprint density at radius 2 is 1.73 bits per heavy atom. The van der Waals surface area contributed by atoms with Crippen molar-refractivity contribution in [2.24, 2.45) is 0 Å². The molecule has 1 aliphatic heterocycles. The molecule has 0 aliphatic carbocycles. The van der Waals surface area contributed by atoms with Gasteiger partial charge < -0.3 is 19.9 Å². The number of terminal acetylenes is 1. The number of rotatable bonds is 8. The minimum atomic E-state index is -0.0657. The number of benzene rings is 2. The molecule has 30 heavy (non-hydrogen) atoms. The molecule has 0 bridgehead atoms. The van der Waals surface area contributed by atoms with E-state index >= 15 is 0 Å². The van der Waals surface area contributed by atoms with Crippen molar-refractivity contribution in [3.8, 4) is 18.1 Å². The molecule has 2 aromatic rings. The molecule has 1 N–H and O–H groups in total. The van der Waals surface area contributed by atoms with Crippen LogP contribution in [0.15, 0.2) is 48.5 Å². The zero-order chi connectivity index (χ0) is 21.2. The fourth-order valence-electron chi connectivity index (χ4n) is 3.64. The first kappa shape index (κ1) is 21.6. The van der Waals surface area contributed by atoms with Gasteiger partial charge in [-0.3, -0.25) is 0 Å². The van der Waals surface area contributed by atoms with Gasteiger partial charge in [0.25, 0.3) is 0 Å². The molecule has 1 heterocycles. The molecule has 0 radical (unpaired) electrons. The lowest BCUT2D eigenvalue weighted by molar-refractivity contribution is 0.207. The number of piperidine rings is 1. The summed E-state index contributed by atoms with van der Waals surface area (Å²) in [5, 5.41) is 2.98. The lowest BCUT2D eigenvalue weighted by Gasteiger charge is -2.29. The Kier molecular flexibility index (Phi) is 8.02. The van der Waals surface area contributed by atoms with Crippen LogP contribution in [0.1, 0.15) is 30.4 Å². The molecule has 3 rings (SSSR count). The van der Waals surface area contributed by atoms with Crippen LogP contribution in [0.5, 0.6) is 5.75 Å². The van der Waals surface area contributed by atoms with Gasteiger partial charge >= 0.3 is 6.03 Å². The van der Waals surface area contributed by atoms with E-state index < -0.39 is 0 Å². The number of anilines is 1. The number of nitrogens with zero attached hydrogens (tertiary/aromatic N) is 2. The first-order valence-corrected chi connectivity index (χ1v) is 10.6. The predicted octanol–water partition coefficient (Wildman–Crippen LogP) is 4.07. The Labute approximate surface area is 180 Å². The highest BCUT2D eigenvalue weighted by molar-refractivity contribution is 5.73. The highest BCUT2D eigenvalue weighted by atomic mass is 16.5. The van der Waals surface area contributed by atoms with E-state index in [4.69, 9.17) is 11.2 Å². The van der Waals surface area contributed by atoms with E-state index in [-0.39, 0.29) is 12.6 Å². The van der Waals surface area contributed by atoms with Crippen molar-refractivity contribution in [2.75, 3.05) is 38.2 Å². The van der Waals surface area contributed by atoms with Crippen molar-refractivity contribution < 1.29 is 9.53 Å². The van der Waals surface area contributed by atoms with Crippen LogP contribution in [0, 0.1) is 12.3 Å². The summed E-state index contributed by atoms with van der Waals surface area (Å²) >= 11 is 0. The molecular formula is C25H31N3O2. The van der Waals surface area contributed by atoms with Gasteiger partial charge in [0.05, 0.1) is 0 Å². The zero-order valence-electron chi connectivity index (χ0n) is 17.8. The monoisotopic (exact) mass is 405 g/mol. The van der Waals surface area contributed by atoms with Crippen LogP contribution in [0.2, 0.25) is 0 Å². The molecule has 158 valence electrons. The van der Waals surface area contributed by atoms with Gasteiger partial charge in [0.15, 0.2) is 0 Å². The summed E-state index contributed by atoms with van der Waals surface area (Å²) in [7, 11) is 1.82. The van der Waals surface area contributed by atoms with Gasteiger partial charge in [-0.05, 0) is 61.1 Å². The number of nitrogens with one attached hydrogen (secondary N) is 1. The minimum Gasteiger partial charge on any atom is -0.481 e. The second kappa shape index (κ2) is 11.2. The summed E-state index contributed by atoms with van der Waals surface area (Å²) in [5.41, 5.74) is 3.55. The number of carbonyl (C=O) groups is 1. The molecular weight excluding hydrogens is 374 g/mol. The van der Waals surface area contributed by atoms with Crippen LogP contribution in [-0.2, 0) is 13.0 Å². The maximum atomic E-state index is 12.4. The van der Waals surface area contributed by atoms with Crippen LogP contribution in [0.4, 0.5) is 10.5 Å². The summed E-state index contributed by atoms with van der Waals surface area (Å²) in [6, 6.07) is 16.3. The summed E-state index contributed by atoms with van der Waals surface area (Å²) in [6.45, 7) is 3.72. The van der Waals surface area contributed by atoms with E-state index in [9.17, 15) is 4.79 Å². The average Bonchev–Trinajstić information content (AvgIpc) is 2.79. The lowest BCUT2D eigenvalue weighted by Crippen LogP contribution is -2.37. The second-order valence-electron chi connectivity index (χ2n) is 7.69. The topological polar surface area (TPSA) is 44.8 Å². The largest absolute Gasteiger partial charge is 0.481 e. The average molecular weight is 406 g/mol. The number of carbonyl (C=O) groups excluding carboxylic acids is 1. The number of amides is 2. The van der Waals surface area contributed by atoms with Crippen molar-refractivity contribution in [1.82, 2.24) is 10.2 Å². The van der Waals surface area contributed by atoms with Crippen molar-refractivity contribution in [3.63, 3.8) is 0 Å². The summed E-state index contributed by atoms with van der Waals surface area (Å²) in [4.78, 5) is 16.5. The van der Waals surface area contributed by atoms with E-state index in [0.717, 1.165) is 36.4 Å². The Bertz CT molecular complexity index is 834. The van der Waals surface area contributed by atoms with Gasteiger partial charge in [0, 0.05) is 38.9 Å². The van der Waals surface area contributed by atoms with E-state index in [0.29, 0.717) is 13.1 Å². The Hall–Kier alpha value is -3.13. The third-order valence-corrected chi connectivity index (χ3v) is 5.36. The predicted molar refractivity (Wildman–Crippen MR) is 122 cm³/mol. The molecule has 0 atom stereocenters. The second-order valence-corrected chi connectivity index (χ2v) is 7.69. The van der Waals surface area contributed by atoms with Crippen LogP contribution >= 0.6 is 0 Å². The third-order valence-electron chi connectivity index (χ3n) is 5.36. The van der Waals surface area contributed by atoms with E-state index in [1.54, 1.807) is 4.90 Å². The SMILES string of the molecule is C#CCOc1ccc(CCNC(=O)N(C)Cc2ccc(N3CCCCC3)cc2)cc1. The first-order chi connectivity index (χ1) is 14.7. The van der Waals surface area contributed by atoms with Crippen molar-refractivity contribution in [1.29, 1.82) is 0 Å². The molecule has 1 fully saturated rings. The highest BCUT2D eigenvalue weighted by Crippen LogP contribution is 2.20. The standard InChI is InChI=1S/C25H31N3O2/c1-3-19-30-24-13-9-21(10-14-24)15-16-26-25(29)27(2)20-22-7-11-23(12-8-22)28-17-5-4-6-18-28/h1,7-14H,4-6,15-20H2,2H3,(H,26,29). The Morgan fingerprint density at radius 3 is 2.40 bits per heavy atom. The Morgan fingerprint density at radius 1 is 1.07 bits per heavy atom. The summed E-state index contributed by atoms with van der Waals surface area (Å²) in [5.74, 6) is 3.20. The smallest absolute Gasteiger partial charge is 0.317 e. The van der Waals surface area contributed by atoms with Gasteiger partial charge in [0.2, 0.25) is 0 Å². The summed E-state index contributed by atoms with van der Waals surface area (Å²) in [6.07, 6.45) is 9.83. The molecule has 0 spiro atoms. The quantitative estimate of drug-likeness (QED) is 0.674. The van der Waals surface area contributed by atoms with Gasteiger partial charge in [-0.2, -0.15) is 0 Å². The van der Waals surface area contributed by atoms with Crippen LogP contribution < -0.4 is 15.0 Å². The van der Waals surface area contributed by atoms with E-state index in [1.165, 1.54) is 24.9 Å². The number of hydrogen-bond acceptors (Lipinski definition) is 3. The molecule has 2 amide bonds. The maximum absolute atomic E-state index is 12.4. The molecule has 2 aromatic carbocycles. The number of urea groups is 1. The van der Waals surface area contributed by atoms with Gasteiger partial charge in [-0.15, -0.1) is 6.42 Å². The van der Waals surface area contributed by atoms with Gasteiger partial charge in [-0.25, -0.2) is 4.79 Å². The lowest BCUT2D eigenvalue weighted by atomic mass is 10.1. The molecule has 0 unspecified atom stereocenters. The van der Waals surface area contributed by atoms with Crippen LogP contribution in [-0.4, -0.2) is 44.2 Å². The molecule has 5 nitrogen and oxygen atoms in total. The highest BCUT2D eigenvalue weighted by Gasteiger charge is 2.12. The van der Waals surface area contributed by atoms with Crippen LogP contribution in [0.25, 0.3) is 0 Å². The molecule has 5 heteroatoms. The first-order valence-electron chi connectivity index (χ1n) is 10.6. The molecule has 0 aromatic heterocycles. The zero-order valence-corrected chi connectivity index (χ0v) is 17.8. The van der Waals surface area contributed by atoms with Crippen molar-refractivity contribution in [3.05, 3.63) is 59.7 Å². The molecule has 1 aliphatic rings. The van der Waals surface area contributed by atoms with E-state index in [2.05, 4.69) is 40.4 Å². The van der Waals surface area contributed by atoms with Crippen LogP contribution in [0.3, 0.4) is 0 Å². The minimum absolute atomic E-state index is 0.0657. The molecule has 1 saturated heterocycles. The fourth-order valence-corrected chi connectivity index (χ4v) is 3.64.